The maximum Gasteiger partial charge on any atom is 0.475 e. The van der Waals surface area contributed by atoms with Gasteiger partial charge in [-0.25, -0.2) is 0 Å². The second-order valence-electron chi connectivity index (χ2n) is 7.59. The SMILES string of the molecule is CC(=O)N[C@H](Cc1ccccc1)C(=O)N1CCC[C@H]1C(=O)N[C@@H](CCCN)B(O)O. The summed E-state index contributed by atoms with van der Waals surface area (Å²) < 4.78 is 0. The van der Waals surface area contributed by atoms with Crippen molar-refractivity contribution < 1.29 is 24.4 Å². The van der Waals surface area contributed by atoms with Gasteiger partial charge in [-0.05, 0) is 37.8 Å². The molecule has 10 heteroatoms. The Hall–Kier alpha value is -2.43. The first-order chi connectivity index (χ1) is 14.3. The van der Waals surface area contributed by atoms with Crippen LogP contribution in [0.3, 0.4) is 0 Å². The van der Waals surface area contributed by atoms with Crippen molar-refractivity contribution in [3.63, 3.8) is 0 Å². The summed E-state index contributed by atoms with van der Waals surface area (Å²) in [6.07, 6.45) is 2.29. The van der Waals surface area contributed by atoms with Crippen LogP contribution in [0.1, 0.15) is 38.2 Å². The van der Waals surface area contributed by atoms with E-state index in [9.17, 15) is 24.4 Å². The number of hydrogen-bond donors (Lipinski definition) is 5. The second-order valence-corrected chi connectivity index (χ2v) is 7.59. The maximum atomic E-state index is 13.2. The largest absolute Gasteiger partial charge is 0.475 e. The minimum absolute atomic E-state index is 0.318. The molecule has 0 aliphatic carbocycles. The summed E-state index contributed by atoms with van der Waals surface area (Å²) >= 11 is 0. The van der Waals surface area contributed by atoms with Crippen LogP contribution >= 0.6 is 0 Å². The molecular formula is C20H31BN4O5. The third kappa shape index (κ3) is 6.82. The number of benzene rings is 1. The van der Waals surface area contributed by atoms with Crippen LogP contribution in [-0.2, 0) is 20.8 Å². The number of rotatable bonds is 10. The molecule has 0 radical (unpaired) electrons. The van der Waals surface area contributed by atoms with Crippen molar-refractivity contribution in [2.45, 2.75) is 57.1 Å². The Morgan fingerprint density at radius 2 is 1.93 bits per heavy atom. The first kappa shape index (κ1) is 23.9. The zero-order chi connectivity index (χ0) is 22.1. The van der Waals surface area contributed by atoms with Crippen molar-refractivity contribution >= 4 is 24.8 Å². The van der Waals surface area contributed by atoms with Gasteiger partial charge in [0.2, 0.25) is 17.7 Å². The molecule has 0 spiro atoms. The highest BCUT2D eigenvalue weighted by molar-refractivity contribution is 6.43. The normalized spacial score (nSPS) is 17.9. The maximum absolute atomic E-state index is 13.2. The minimum atomic E-state index is -1.71. The van der Waals surface area contributed by atoms with Crippen molar-refractivity contribution in [2.75, 3.05) is 13.1 Å². The number of nitrogens with two attached hydrogens (primary N) is 1. The zero-order valence-corrected chi connectivity index (χ0v) is 17.3. The molecule has 1 aliphatic rings. The standard InChI is InChI=1S/C20H31BN4O5/c1-14(26)23-16(13-15-7-3-2-4-8-15)20(28)25-12-6-9-17(25)19(27)24-18(21(29)30)10-5-11-22/h2-4,7-8,16-18,29-30H,5-6,9-13,22H2,1H3,(H,23,26)(H,24,27)/t16-,17+,18+/m1/s1. The van der Waals surface area contributed by atoms with Gasteiger partial charge in [-0.15, -0.1) is 0 Å². The Morgan fingerprint density at radius 1 is 1.23 bits per heavy atom. The highest BCUT2D eigenvalue weighted by atomic mass is 16.4. The first-order valence-corrected chi connectivity index (χ1v) is 10.3. The molecular weight excluding hydrogens is 387 g/mol. The molecule has 1 saturated heterocycles. The van der Waals surface area contributed by atoms with E-state index >= 15 is 0 Å². The predicted octanol–water partition coefficient (Wildman–Crippen LogP) is -1.04. The Bertz CT molecular complexity index is 718. The van der Waals surface area contributed by atoms with Crippen LogP contribution in [-0.4, -0.2) is 70.9 Å². The van der Waals surface area contributed by atoms with E-state index in [4.69, 9.17) is 5.73 Å². The lowest BCUT2D eigenvalue weighted by molar-refractivity contribution is -0.141. The van der Waals surface area contributed by atoms with E-state index < -0.39 is 31.1 Å². The lowest BCUT2D eigenvalue weighted by Gasteiger charge is -2.30. The predicted molar refractivity (Wildman–Crippen MR) is 113 cm³/mol. The summed E-state index contributed by atoms with van der Waals surface area (Å²) in [5.41, 5.74) is 6.36. The molecule has 30 heavy (non-hydrogen) atoms. The second kappa shape index (κ2) is 11.7. The highest BCUT2D eigenvalue weighted by Gasteiger charge is 2.39. The Balaban J connectivity index is 2.10. The third-order valence-corrected chi connectivity index (χ3v) is 5.20. The van der Waals surface area contributed by atoms with Gasteiger partial charge in [0.25, 0.3) is 0 Å². The van der Waals surface area contributed by atoms with Crippen molar-refractivity contribution in [3.05, 3.63) is 35.9 Å². The number of carbonyl (C=O) groups is 3. The number of likely N-dealkylation sites (tertiary alicyclic amines) is 1. The molecule has 0 aromatic heterocycles. The van der Waals surface area contributed by atoms with Crippen LogP contribution in [0.5, 0.6) is 0 Å². The first-order valence-electron chi connectivity index (χ1n) is 10.3. The van der Waals surface area contributed by atoms with E-state index in [2.05, 4.69) is 10.6 Å². The quantitative estimate of drug-likeness (QED) is 0.307. The van der Waals surface area contributed by atoms with E-state index in [-0.39, 0.29) is 11.8 Å². The number of amides is 3. The molecule has 6 N–H and O–H groups in total. The molecule has 0 saturated carbocycles. The number of carbonyl (C=O) groups excluding carboxylic acids is 3. The van der Waals surface area contributed by atoms with E-state index in [0.29, 0.717) is 45.2 Å². The topological polar surface area (TPSA) is 145 Å². The summed E-state index contributed by atoms with van der Waals surface area (Å²) in [5.74, 6) is -1.93. The van der Waals surface area contributed by atoms with Crippen LogP contribution in [0.4, 0.5) is 0 Å². The van der Waals surface area contributed by atoms with Crippen molar-refractivity contribution in [2.24, 2.45) is 5.73 Å². The molecule has 0 unspecified atom stereocenters. The Kier molecular flexibility index (Phi) is 9.29. The molecule has 3 atom stereocenters. The fraction of sp³-hybridized carbons (Fsp3) is 0.550. The van der Waals surface area contributed by atoms with E-state index in [0.717, 1.165) is 5.56 Å². The monoisotopic (exact) mass is 418 g/mol. The van der Waals surface area contributed by atoms with Crippen LogP contribution < -0.4 is 16.4 Å². The van der Waals surface area contributed by atoms with Crippen molar-refractivity contribution in [1.82, 2.24) is 15.5 Å². The minimum Gasteiger partial charge on any atom is -0.426 e. The highest BCUT2D eigenvalue weighted by Crippen LogP contribution is 2.20. The van der Waals surface area contributed by atoms with Crippen molar-refractivity contribution in [3.8, 4) is 0 Å². The van der Waals surface area contributed by atoms with Crippen LogP contribution in [0.2, 0.25) is 0 Å². The van der Waals surface area contributed by atoms with Crippen LogP contribution in [0.25, 0.3) is 0 Å². The van der Waals surface area contributed by atoms with Gasteiger partial charge in [-0.3, -0.25) is 14.4 Å². The number of hydrogen-bond acceptors (Lipinski definition) is 6. The van der Waals surface area contributed by atoms with E-state index in [1.54, 1.807) is 0 Å². The molecule has 1 aromatic carbocycles. The fourth-order valence-electron chi connectivity index (χ4n) is 3.71. The summed E-state index contributed by atoms with van der Waals surface area (Å²) in [5, 5.41) is 24.4. The van der Waals surface area contributed by atoms with Gasteiger partial charge in [0.05, 0.1) is 5.94 Å². The van der Waals surface area contributed by atoms with Gasteiger partial charge in [-0.2, -0.15) is 0 Å². The number of nitrogens with one attached hydrogen (secondary N) is 2. The average molecular weight is 418 g/mol. The summed E-state index contributed by atoms with van der Waals surface area (Å²) in [6, 6.07) is 7.84. The smallest absolute Gasteiger partial charge is 0.426 e. The molecule has 164 valence electrons. The van der Waals surface area contributed by atoms with Gasteiger partial charge in [0, 0.05) is 19.9 Å². The summed E-state index contributed by atoms with van der Waals surface area (Å²) in [6.45, 7) is 2.12. The zero-order valence-electron chi connectivity index (χ0n) is 17.3. The number of nitrogens with zero attached hydrogens (tertiary/aromatic N) is 1. The van der Waals surface area contributed by atoms with Gasteiger partial charge >= 0.3 is 7.12 Å². The molecule has 1 fully saturated rings. The van der Waals surface area contributed by atoms with Crippen LogP contribution in [0.15, 0.2) is 30.3 Å². The van der Waals surface area contributed by atoms with Gasteiger partial charge in [-0.1, -0.05) is 30.3 Å². The molecule has 2 rings (SSSR count). The molecule has 9 nitrogen and oxygen atoms in total. The third-order valence-electron chi connectivity index (χ3n) is 5.20. The van der Waals surface area contributed by atoms with Crippen molar-refractivity contribution in [1.29, 1.82) is 0 Å². The van der Waals surface area contributed by atoms with Gasteiger partial charge in [0.15, 0.2) is 0 Å². The van der Waals surface area contributed by atoms with Gasteiger partial charge < -0.3 is 31.3 Å². The summed E-state index contributed by atoms with van der Waals surface area (Å²) in [7, 11) is -1.71. The van der Waals surface area contributed by atoms with Gasteiger partial charge in [0.1, 0.15) is 12.1 Å². The lowest BCUT2D eigenvalue weighted by atomic mass is 9.76. The molecule has 1 aromatic rings. The van der Waals surface area contributed by atoms with E-state index in [1.807, 2.05) is 30.3 Å². The molecule has 0 bridgehead atoms. The Morgan fingerprint density at radius 3 is 2.53 bits per heavy atom. The summed E-state index contributed by atoms with van der Waals surface area (Å²) in [4.78, 5) is 39.2. The van der Waals surface area contributed by atoms with E-state index in [1.165, 1.54) is 11.8 Å². The molecule has 1 heterocycles. The fourth-order valence-corrected chi connectivity index (χ4v) is 3.71. The average Bonchev–Trinajstić information content (AvgIpc) is 3.20. The lowest BCUT2D eigenvalue weighted by Crippen LogP contribution is -2.56. The molecule has 3 amide bonds. The molecule has 1 aliphatic heterocycles. The Labute approximate surface area is 177 Å². The van der Waals surface area contributed by atoms with Crippen LogP contribution in [0, 0.1) is 0 Å².